The van der Waals surface area contributed by atoms with Crippen molar-refractivity contribution in [3.63, 3.8) is 0 Å². The molecule has 1 aliphatic heterocycles. The number of rotatable bonds is 4. The van der Waals surface area contributed by atoms with Crippen LogP contribution in [0.1, 0.15) is 10.4 Å². The van der Waals surface area contributed by atoms with E-state index in [2.05, 4.69) is 4.98 Å². The first kappa shape index (κ1) is 22.5. The van der Waals surface area contributed by atoms with Crippen molar-refractivity contribution >= 4 is 39.1 Å². The first-order valence-corrected chi connectivity index (χ1v) is 12.0. The van der Waals surface area contributed by atoms with Crippen LogP contribution in [0.15, 0.2) is 70.4 Å². The van der Waals surface area contributed by atoms with Gasteiger partial charge in [0, 0.05) is 36.9 Å². The second-order valence-electron chi connectivity index (χ2n) is 7.25. The van der Waals surface area contributed by atoms with Gasteiger partial charge in [-0.05, 0) is 35.9 Å². The molecule has 0 bridgehead atoms. The quantitative estimate of drug-likeness (QED) is 0.604. The lowest BCUT2D eigenvalue weighted by Gasteiger charge is -2.34. The highest BCUT2D eigenvalue weighted by Crippen LogP contribution is 2.28. The van der Waals surface area contributed by atoms with Crippen LogP contribution in [-0.4, -0.2) is 54.7 Å². The lowest BCUT2D eigenvalue weighted by atomic mass is 10.1. The van der Waals surface area contributed by atoms with Gasteiger partial charge in [0.15, 0.2) is 0 Å². The maximum atomic E-state index is 13.0. The van der Waals surface area contributed by atoms with Gasteiger partial charge in [-0.15, -0.1) is 0 Å². The normalized spacial score (nSPS) is 15.0. The SMILES string of the molecule is O=C(c1ccc(-c2ccccc2)[nH]c1=O)N1CCN(S(=O)(=O)c2cc(Cl)ccc2Cl)CC1. The van der Waals surface area contributed by atoms with Crippen LogP contribution in [0.5, 0.6) is 0 Å². The van der Waals surface area contributed by atoms with E-state index in [9.17, 15) is 18.0 Å². The maximum absolute atomic E-state index is 13.0. The molecule has 32 heavy (non-hydrogen) atoms. The molecule has 1 fully saturated rings. The lowest BCUT2D eigenvalue weighted by Crippen LogP contribution is -2.51. The van der Waals surface area contributed by atoms with E-state index >= 15 is 0 Å². The number of halogens is 2. The van der Waals surface area contributed by atoms with Crippen LogP contribution in [0, 0.1) is 0 Å². The van der Waals surface area contributed by atoms with Gasteiger partial charge in [0.25, 0.3) is 11.5 Å². The molecule has 2 aromatic carbocycles. The monoisotopic (exact) mass is 491 g/mol. The van der Waals surface area contributed by atoms with Crippen LogP contribution in [0.25, 0.3) is 11.3 Å². The minimum atomic E-state index is -3.86. The molecular formula is C22H19Cl2N3O4S. The number of hydrogen-bond acceptors (Lipinski definition) is 4. The zero-order chi connectivity index (χ0) is 22.9. The molecule has 4 rings (SSSR count). The number of nitrogens with zero attached hydrogens (tertiary/aromatic N) is 2. The molecule has 1 aliphatic rings. The van der Waals surface area contributed by atoms with Crippen LogP contribution in [0.2, 0.25) is 10.0 Å². The molecule has 0 unspecified atom stereocenters. The largest absolute Gasteiger partial charge is 0.336 e. The van der Waals surface area contributed by atoms with Crippen LogP contribution < -0.4 is 5.56 Å². The number of nitrogens with one attached hydrogen (secondary N) is 1. The summed E-state index contributed by atoms with van der Waals surface area (Å²) in [7, 11) is -3.86. The first-order chi connectivity index (χ1) is 15.3. The van der Waals surface area contributed by atoms with Gasteiger partial charge in [-0.25, -0.2) is 8.42 Å². The molecule has 0 saturated carbocycles. The van der Waals surface area contributed by atoms with Gasteiger partial charge in [0.1, 0.15) is 10.5 Å². The highest BCUT2D eigenvalue weighted by atomic mass is 35.5. The lowest BCUT2D eigenvalue weighted by molar-refractivity contribution is 0.0696. The summed E-state index contributed by atoms with van der Waals surface area (Å²) in [6.45, 7) is 0.458. The third-order valence-electron chi connectivity index (χ3n) is 5.26. The minimum Gasteiger partial charge on any atom is -0.336 e. The number of carbonyl (C=O) groups is 1. The van der Waals surface area contributed by atoms with Gasteiger partial charge in [0.05, 0.1) is 5.02 Å². The molecule has 0 radical (unpaired) electrons. The van der Waals surface area contributed by atoms with Gasteiger partial charge in [-0.2, -0.15) is 4.31 Å². The van der Waals surface area contributed by atoms with E-state index in [-0.39, 0.29) is 46.7 Å². The standard InChI is InChI=1S/C22H19Cl2N3O4S/c23-16-6-8-18(24)20(14-16)32(30,31)27-12-10-26(11-13-27)22(29)17-7-9-19(25-21(17)28)15-4-2-1-3-5-15/h1-9,14H,10-13H2,(H,25,28). The molecular weight excluding hydrogens is 473 g/mol. The van der Waals surface area contributed by atoms with E-state index in [1.54, 1.807) is 6.07 Å². The number of aromatic nitrogens is 1. The number of pyridine rings is 1. The Morgan fingerprint density at radius 1 is 0.906 bits per heavy atom. The number of sulfonamides is 1. The summed E-state index contributed by atoms with van der Waals surface area (Å²) >= 11 is 12.0. The molecule has 2 heterocycles. The van der Waals surface area contributed by atoms with E-state index in [0.29, 0.717) is 5.69 Å². The van der Waals surface area contributed by atoms with Crippen LogP contribution in [0.3, 0.4) is 0 Å². The second kappa shape index (κ2) is 9.07. The van der Waals surface area contributed by atoms with E-state index in [1.807, 2.05) is 30.3 Å². The highest BCUT2D eigenvalue weighted by molar-refractivity contribution is 7.89. The Labute approximate surface area is 195 Å². The second-order valence-corrected chi connectivity index (χ2v) is 10.0. The average molecular weight is 492 g/mol. The molecule has 0 spiro atoms. The van der Waals surface area contributed by atoms with Gasteiger partial charge < -0.3 is 9.88 Å². The molecule has 1 aromatic heterocycles. The molecule has 1 amide bonds. The number of carbonyl (C=O) groups excluding carboxylic acids is 1. The van der Waals surface area contributed by atoms with Crippen LogP contribution in [0.4, 0.5) is 0 Å². The fourth-order valence-electron chi connectivity index (χ4n) is 3.54. The number of amides is 1. The third-order valence-corrected chi connectivity index (χ3v) is 7.88. The average Bonchev–Trinajstić information content (AvgIpc) is 2.80. The molecule has 1 saturated heterocycles. The summed E-state index contributed by atoms with van der Waals surface area (Å²) in [4.78, 5) is 29.6. The van der Waals surface area contributed by atoms with E-state index < -0.39 is 21.5 Å². The summed E-state index contributed by atoms with van der Waals surface area (Å²) in [6, 6.07) is 16.8. The van der Waals surface area contributed by atoms with Gasteiger partial charge >= 0.3 is 0 Å². The number of aromatic amines is 1. The number of hydrogen-bond donors (Lipinski definition) is 1. The molecule has 10 heteroatoms. The fraction of sp³-hybridized carbons (Fsp3) is 0.182. The summed E-state index contributed by atoms with van der Waals surface area (Å²) in [5.74, 6) is -0.441. The molecule has 7 nitrogen and oxygen atoms in total. The predicted molar refractivity (Wildman–Crippen MR) is 124 cm³/mol. The minimum absolute atomic E-state index is 0.0128. The van der Waals surface area contributed by atoms with Crippen molar-refractivity contribution in [2.24, 2.45) is 0 Å². The smallest absolute Gasteiger partial charge is 0.261 e. The summed E-state index contributed by atoms with van der Waals surface area (Å²) in [5, 5.41) is 0.345. The zero-order valence-corrected chi connectivity index (χ0v) is 19.1. The van der Waals surface area contributed by atoms with Crippen molar-refractivity contribution in [1.29, 1.82) is 0 Å². The fourth-order valence-corrected chi connectivity index (χ4v) is 5.70. The summed E-state index contributed by atoms with van der Waals surface area (Å²) < 4.78 is 27.2. The summed E-state index contributed by atoms with van der Waals surface area (Å²) in [5.41, 5.74) is 0.972. The zero-order valence-electron chi connectivity index (χ0n) is 16.8. The van der Waals surface area contributed by atoms with Crippen LogP contribution in [-0.2, 0) is 10.0 Å². The Bertz CT molecular complexity index is 1320. The van der Waals surface area contributed by atoms with Gasteiger partial charge in [0.2, 0.25) is 10.0 Å². The van der Waals surface area contributed by atoms with Crippen molar-refractivity contribution < 1.29 is 13.2 Å². The van der Waals surface area contributed by atoms with Crippen LogP contribution >= 0.6 is 23.2 Å². The van der Waals surface area contributed by atoms with Crippen molar-refractivity contribution in [1.82, 2.24) is 14.2 Å². The van der Waals surface area contributed by atoms with E-state index in [1.165, 1.54) is 33.5 Å². The van der Waals surface area contributed by atoms with E-state index in [0.717, 1.165) is 5.56 Å². The predicted octanol–water partition coefficient (Wildman–Crippen LogP) is 3.50. The molecule has 0 atom stereocenters. The van der Waals surface area contributed by atoms with Crippen molar-refractivity contribution in [2.75, 3.05) is 26.2 Å². The molecule has 1 N–H and O–H groups in total. The molecule has 3 aromatic rings. The Balaban J connectivity index is 1.48. The third kappa shape index (κ3) is 4.45. The number of H-pyrrole nitrogens is 1. The highest BCUT2D eigenvalue weighted by Gasteiger charge is 2.32. The topological polar surface area (TPSA) is 90.6 Å². The molecule has 166 valence electrons. The number of piperazine rings is 1. The Morgan fingerprint density at radius 2 is 1.59 bits per heavy atom. The Kier molecular flexibility index (Phi) is 6.39. The van der Waals surface area contributed by atoms with Gasteiger partial charge in [-0.3, -0.25) is 9.59 Å². The number of benzene rings is 2. The summed E-state index contributed by atoms with van der Waals surface area (Å²) in [6.07, 6.45) is 0. The van der Waals surface area contributed by atoms with Crippen molar-refractivity contribution in [3.8, 4) is 11.3 Å². The van der Waals surface area contributed by atoms with E-state index in [4.69, 9.17) is 23.2 Å². The van der Waals surface area contributed by atoms with Crippen molar-refractivity contribution in [3.05, 3.63) is 86.6 Å². The Morgan fingerprint density at radius 3 is 2.25 bits per heavy atom. The molecule has 0 aliphatic carbocycles. The van der Waals surface area contributed by atoms with Gasteiger partial charge in [-0.1, -0.05) is 53.5 Å². The first-order valence-electron chi connectivity index (χ1n) is 9.80. The van der Waals surface area contributed by atoms with Crippen molar-refractivity contribution in [2.45, 2.75) is 4.90 Å². The maximum Gasteiger partial charge on any atom is 0.261 e. The Hall–Kier alpha value is -2.65.